The molecule has 0 spiro atoms. The molecule has 162 valence electrons. The third kappa shape index (κ3) is 19.2. The van der Waals surface area contributed by atoms with E-state index in [0.717, 1.165) is 12.8 Å². The van der Waals surface area contributed by atoms with E-state index in [-0.39, 0.29) is 37.4 Å². The zero-order valence-corrected chi connectivity index (χ0v) is 21.7. The number of amides is 1. The molecule has 0 saturated heterocycles. The number of hydrogen-bond acceptors (Lipinski definition) is 3. The lowest BCUT2D eigenvalue weighted by Crippen LogP contribution is -3.00. The second kappa shape index (κ2) is 23.1. The summed E-state index contributed by atoms with van der Waals surface area (Å²) in [5.41, 5.74) is 0. The van der Waals surface area contributed by atoms with Crippen molar-refractivity contribution in [2.24, 2.45) is 0 Å². The van der Waals surface area contributed by atoms with Crippen LogP contribution in [0, 0.1) is 0 Å². The summed E-state index contributed by atoms with van der Waals surface area (Å²) in [5, 5.41) is 2.75. The Morgan fingerprint density at radius 1 is 0.929 bits per heavy atom. The average Bonchev–Trinajstić information content (AvgIpc) is 2.69. The molecule has 0 unspecified atom stereocenters. The summed E-state index contributed by atoms with van der Waals surface area (Å²) in [5.74, 6) is -0.256. The smallest absolute Gasteiger partial charge is 0.305 e. The van der Waals surface area contributed by atoms with Crippen molar-refractivity contribution in [3.63, 3.8) is 0 Å². The summed E-state index contributed by atoms with van der Waals surface area (Å²) < 4.78 is 6.94. The van der Waals surface area contributed by atoms with E-state index < -0.39 is 0 Å². The lowest BCUT2D eigenvalue weighted by molar-refractivity contribution is -0.684. The van der Waals surface area contributed by atoms with Crippen molar-refractivity contribution < 1.29 is 31.3 Å². The molecule has 1 heterocycles. The van der Waals surface area contributed by atoms with E-state index in [4.69, 9.17) is 4.74 Å². The van der Waals surface area contributed by atoms with E-state index in [0.29, 0.717) is 13.0 Å². The molecule has 0 aliphatic rings. The molecular formula is C20H33ClI2N2O3. The highest BCUT2D eigenvalue weighted by molar-refractivity contribution is 15.0. The summed E-state index contributed by atoms with van der Waals surface area (Å²) in [6, 6.07) is 5.65. The Morgan fingerprint density at radius 2 is 1.50 bits per heavy atom. The zero-order valence-electron chi connectivity index (χ0n) is 16.7. The molecule has 0 saturated carbocycles. The highest BCUT2D eigenvalue weighted by atomic mass is 128. The van der Waals surface area contributed by atoms with Crippen LogP contribution in [0.15, 0.2) is 30.6 Å². The first kappa shape index (κ1) is 30.0. The van der Waals surface area contributed by atoms with Gasteiger partial charge in [0.2, 0.25) is 6.54 Å². The number of unbranched alkanes of at least 4 members (excludes halogenated alkanes) is 7. The summed E-state index contributed by atoms with van der Waals surface area (Å²) >= 11 is 4.24. The fraction of sp³-hybridized carbons (Fsp3) is 0.650. The van der Waals surface area contributed by atoms with Gasteiger partial charge in [0.25, 0.3) is 5.91 Å². The minimum atomic E-state index is -0.169. The molecule has 0 aromatic carbocycles. The van der Waals surface area contributed by atoms with Crippen LogP contribution in [0.3, 0.4) is 0 Å². The Kier molecular flexibility index (Phi) is 24.8. The van der Waals surface area contributed by atoms with Crippen LogP contribution in [-0.4, -0.2) is 25.0 Å². The number of halogens is 3. The first-order valence-electron chi connectivity index (χ1n) is 9.73. The van der Waals surface area contributed by atoms with Gasteiger partial charge in [0.15, 0.2) is 12.4 Å². The van der Waals surface area contributed by atoms with Gasteiger partial charge in [0.1, 0.15) is 6.61 Å². The molecule has 0 bridgehead atoms. The normalized spacial score (nSPS) is 9.54. The van der Waals surface area contributed by atoms with Crippen molar-refractivity contribution in [1.29, 1.82) is 0 Å². The second-order valence-corrected chi connectivity index (χ2v) is 6.34. The van der Waals surface area contributed by atoms with Crippen LogP contribution in [0.2, 0.25) is 0 Å². The van der Waals surface area contributed by atoms with E-state index in [1.807, 2.05) is 30.6 Å². The van der Waals surface area contributed by atoms with Gasteiger partial charge in [0, 0.05) is 55.8 Å². The van der Waals surface area contributed by atoms with Gasteiger partial charge in [0.05, 0.1) is 6.54 Å². The fourth-order valence-electron chi connectivity index (χ4n) is 2.59. The van der Waals surface area contributed by atoms with Gasteiger partial charge in [-0.3, -0.25) is 9.59 Å². The van der Waals surface area contributed by atoms with Crippen LogP contribution in [0.5, 0.6) is 0 Å². The molecule has 0 radical (unpaired) electrons. The van der Waals surface area contributed by atoms with Crippen LogP contribution in [0.25, 0.3) is 0 Å². The van der Waals surface area contributed by atoms with Gasteiger partial charge in [-0.25, -0.2) is 0 Å². The minimum absolute atomic E-state index is 0. The van der Waals surface area contributed by atoms with Gasteiger partial charge in [-0.1, -0.05) is 57.9 Å². The lowest BCUT2D eigenvalue weighted by Gasteiger charge is -2.06. The molecule has 0 aliphatic carbocycles. The van der Waals surface area contributed by atoms with Gasteiger partial charge >= 0.3 is 5.97 Å². The molecule has 1 rings (SSSR count). The van der Waals surface area contributed by atoms with E-state index in [2.05, 4.69) is 49.5 Å². The van der Waals surface area contributed by atoms with Crippen LogP contribution in [0.1, 0.15) is 64.7 Å². The predicted octanol–water partition coefficient (Wildman–Crippen LogP) is 1.94. The van der Waals surface area contributed by atoms with E-state index >= 15 is 0 Å². The van der Waals surface area contributed by atoms with Crippen molar-refractivity contribution in [3.8, 4) is 0 Å². The molecule has 0 fully saturated rings. The second-order valence-electron chi connectivity index (χ2n) is 6.34. The van der Waals surface area contributed by atoms with Gasteiger partial charge < -0.3 is 22.5 Å². The number of esters is 1. The van der Waals surface area contributed by atoms with Crippen molar-refractivity contribution in [1.82, 2.24) is 5.32 Å². The van der Waals surface area contributed by atoms with Crippen molar-refractivity contribution >= 4 is 49.1 Å². The molecule has 8 heteroatoms. The molecular weight excluding hydrogens is 605 g/mol. The number of rotatable bonds is 14. The molecule has 1 aromatic rings. The van der Waals surface area contributed by atoms with Crippen LogP contribution in [0.4, 0.5) is 0 Å². The zero-order chi connectivity index (χ0) is 20.2. The van der Waals surface area contributed by atoms with Crippen LogP contribution < -0.4 is 22.3 Å². The summed E-state index contributed by atoms with van der Waals surface area (Å²) in [6.07, 6.45) is 13.8. The number of carbonyl (C=O) groups is 2. The number of hydrogen-bond donors (Lipinski definition) is 1. The maximum Gasteiger partial charge on any atom is 0.305 e. The molecule has 1 amide bonds. The third-order valence-electron chi connectivity index (χ3n) is 4.03. The average molecular weight is 639 g/mol. The number of aromatic nitrogens is 1. The molecule has 28 heavy (non-hydrogen) atoms. The Balaban J connectivity index is 0. The SMILES string of the molecule is CCCCCCCCCCC(=O)OCCNC(=O)C[n+]1ccccc1.II.[Cl-]. The number of pyridine rings is 1. The van der Waals surface area contributed by atoms with Gasteiger partial charge in [-0.05, 0) is 6.42 Å². The number of nitrogens with zero attached hydrogens (tertiary/aromatic N) is 1. The number of nitrogens with one attached hydrogen (secondary N) is 1. The Hall–Kier alpha value is -0.160. The molecule has 5 nitrogen and oxygen atoms in total. The molecule has 0 aliphatic heterocycles. The summed E-state index contributed by atoms with van der Waals surface area (Å²) in [6.45, 7) is 3.09. The van der Waals surface area contributed by atoms with Crippen molar-refractivity contribution in [2.75, 3.05) is 13.2 Å². The quantitative estimate of drug-likeness (QED) is 0.147. The highest BCUT2D eigenvalue weighted by Crippen LogP contribution is 2.09. The Bertz CT molecular complexity index is 494. The Morgan fingerprint density at radius 3 is 2.11 bits per heavy atom. The van der Waals surface area contributed by atoms with Crippen molar-refractivity contribution in [3.05, 3.63) is 30.6 Å². The standard InChI is InChI=1S/C20H32N2O3.ClH.I2/c1-2-3-4-5-6-7-8-10-13-20(24)25-17-14-21-19(23)18-22-15-11-9-12-16-22;;1-2/h9,11-12,15-16H,2-8,10,13-14,17-18H2,1H3;1H;. The third-order valence-corrected chi connectivity index (χ3v) is 4.03. The maximum atomic E-state index is 11.7. The molecule has 0 atom stereocenters. The predicted molar refractivity (Wildman–Crippen MR) is 126 cm³/mol. The molecule has 1 aromatic heterocycles. The summed E-state index contributed by atoms with van der Waals surface area (Å²) in [4.78, 5) is 23.3. The van der Waals surface area contributed by atoms with Crippen LogP contribution in [-0.2, 0) is 20.9 Å². The number of carbonyl (C=O) groups excluding carboxylic acids is 2. The van der Waals surface area contributed by atoms with E-state index in [9.17, 15) is 9.59 Å². The van der Waals surface area contributed by atoms with E-state index in [1.54, 1.807) is 4.57 Å². The largest absolute Gasteiger partial charge is 1.00 e. The molecule has 1 N–H and O–H groups in total. The van der Waals surface area contributed by atoms with Crippen molar-refractivity contribution in [2.45, 2.75) is 71.3 Å². The highest BCUT2D eigenvalue weighted by Gasteiger charge is 2.08. The minimum Gasteiger partial charge on any atom is -1.00 e. The first-order valence-corrected chi connectivity index (χ1v) is 16.0. The Labute approximate surface area is 199 Å². The van der Waals surface area contributed by atoms with Gasteiger partial charge in [-0.2, -0.15) is 4.57 Å². The monoisotopic (exact) mass is 638 g/mol. The van der Waals surface area contributed by atoms with Gasteiger partial charge in [-0.15, -0.1) is 0 Å². The topological polar surface area (TPSA) is 59.3 Å². The lowest BCUT2D eigenvalue weighted by atomic mass is 10.1. The van der Waals surface area contributed by atoms with E-state index in [1.165, 1.54) is 38.5 Å². The maximum absolute atomic E-state index is 11.7. The van der Waals surface area contributed by atoms with Crippen LogP contribution >= 0.6 is 37.2 Å². The number of ether oxygens (including phenoxy) is 1. The first-order chi connectivity index (χ1) is 13.2. The fourth-order valence-corrected chi connectivity index (χ4v) is 2.59. The summed E-state index contributed by atoms with van der Waals surface area (Å²) in [7, 11) is 0.